The number of hydrogen-bond acceptors (Lipinski definition) is 4. The molecule has 1 fully saturated rings. The Labute approximate surface area is 119 Å². The third kappa shape index (κ3) is 6.44. The summed E-state index contributed by atoms with van der Waals surface area (Å²) in [5, 5.41) is 2.53. The molecule has 116 valence electrons. The maximum absolute atomic E-state index is 11.9. The maximum atomic E-state index is 11.9. The van der Waals surface area contributed by atoms with Crippen LogP contribution in [0.5, 0.6) is 5.88 Å². The molecule has 0 saturated heterocycles. The molecular weight excluding hydrogens is 289 g/mol. The lowest BCUT2D eigenvalue weighted by molar-refractivity contribution is -0.154. The first-order valence-corrected chi connectivity index (χ1v) is 6.45. The average Bonchev–Trinajstić information content (AvgIpc) is 3.21. The Kier molecular flexibility index (Phi) is 5.00. The Morgan fingerprint density at radius 1 is 1.38 bits per heavy atom. The first-order valence-electron chi connectivity index (χ1n) is 6.45. The van der Waals surface area contributed by atoms with E-state index in [9.17, 15) is 18.0 Å². The van der Waals surface area contributed by atoms with Crippen molar-refractivity contribution in [1.82, 2.24) is 4.98 Å². The van der Waals surface area contributed by atoms with Gasteiger partial charge in [0.15, 0.2) is 6.61 Å². The lowest BCUT2D eigenvalue weighted by atomic mass is 10.4. The molecule has 0 spiro atoms. The van der Waals surface area contributed by atoms with Crippen molar-refractivity contribution in [2.75, 3.05) is 25.1 Å². The number of rotatable bonds is 7. The second-order valence-electron chi connectivity index (χ2n) is 4.80. The maximum Gasteiger partial charge on any atom is 0.422 e. The predicted molar refractivity (Wildman–Crippen MR) is 68.0 cm³/mol. The minimum atomic E-state index is -4.41. The summed E-state index contributed by atoms with van der Waals surface area (Å²) in [7, 11) is 0. The fourth-order valence-corrected chi connectivity index (χ4v) is 1.50. The van der Waals surface area contributed by atoms with Crippen LogP contribution in [-0.4, -0.2) is 36.9 Å². The minimum Gasteiger partial charge on any atom is -0.468 e. The molecule has 0 aliphatic heterocycles. The van der Waals surface area contributed by atoms with Crippen molar-refractivity contribution in [2.24, 2.45) is 5.92 Å². The number of alkyl halides is 3. The van der Waals surface area contributed by atoms with Gasteiger partial charge in [-0.05, 0) is 24.8 Å². The molecule has 0 bridgehead atoms. The molecule has 1 amide bonds. The summed E-state index contributed by atoms with van der Waals surface area (Å²) in [5.74, 6) is 0.0845. The van der Waals surface area contributed by atoms with Gasteiger partial charge in [-0.1, -0.05) is 0 Å². The normalized spacial score (nSPS) is 14.8. The number of pyridine rings is 1. The van der Waals surface area contributed by atoms with E-state index in [1.54, 1.807) is 0 Å². The van der Waals surface area contributed by atoms with Gasteiger partial charge in [0.2, 0.25) is 11.8 Å². The SMILES string of the molecule is O=C(COCC1CC1)Nc1ccc(OCC(F)(F)F)nc1. The predicted octanol–water partition coefficient (Wildman–Crippen LogP) is 2.39. The summed E-state index contributed by atoms with van der Waals surface area (Å²) in [6, 6.07) is 2.67. The van der Waals surface area contributed by atoms with Crippen molar-refractivity contribution in [1.29, 1.82) is 0 Å². The number of hydrogen-bond donors (Lipinski definition) is 1. The molecule has 1 heterocycles. The molecule has 1 aliphatic carbocycles. The summed E-state index contributed by atoms with van der Waals surface area (Å²) in [5.41, 5.74) is 0.370. The molecule has 1 aromatic heterocycles. The first-order chi connectivity index (χ1) is 9.92. The highest BCUT2D eigenvalue weighted by Crippen LogP contribution is 2.28. The third-order valence-electron chi connectivity index (χ3n) is 2.69. The Morgan fingerprint density at radius 2 is 2.14 bits per heavy atom. The number of aromatic nitrogens is 1. The third-order valence-corrected chi connectivity index (χ3v) is 2.69. The lowest BCUT2D eigenvalue weighted by Crippen LogP contribution is -2.20. The molecule has 5 nitrogen and oxygen atoms in total. The van der Waals surface area contributed by atoms with Crippen LogP contribution in [0.4, 0.5) is 18.9 Å². The van der Waals surface area contributed by atoms with Crippen LogP contribution < -0.4 is 10.1 Å². The van der Waals surface area contributed by atoms with Crippen molar-refractivity contribution < 1.29 is 27.4 Å². The highest BCUT2D eigenvalue weighted by Gasteiger charge is 2.28. The van der Waals surface area contributed by atoms with Gasteiger partial charge in [-0.15, -0.1) is 0 Å². The van der Waals surface area contributed by atoms with Crippen LogP contribution in [0.15, 0.2) is 18.3 Å². The zero-order valence-electron chi connectivity index (χ0n) is 11.2. The van der Waals surface area contributed by atoms with Gasteiger partial charge >= 0.3 is 6.18 Å². The van der Waals surface area contributed by atoms with Gasteiger partial charge in [0.25, 0.3) is 0 Å². The number of nitrogens with one attached hydrogen (secondary N) is 1. The summed E-state index contributed by atoms with van der Waals surface area (Å²) in [6.07, 6.45) is -0.895. The van der Waals surface area contributed by atoms with Crippen LogP contribution in [0.2, 0.25) is 0 Å². The van der Waals surface area contributed by atoms with Crippen LogP contribution in [0.1, 0.15) is 12.8 Å². The smallest absolute Gasteiger partial charge is 0.422 e. The number of anilines is 1. The molecule has 0 radical (unpaired) electrons. The van der Waals surface area contributed by atoms with Gasteiger partial charge in [-0.2, -0.15) is 13.2 Å². The second kappa shape index (κ2) is 6.75. The van der Waals surface area contributed by atoms with Crippen molar-refractivity contribution in [3.8, 4) is 5.88 Å². The highest BCUT2D eigenvalue weighted by molar-refractivity contribution is 5.91. The second-order valence-corrected chi connectivity index (χ2v) is 4.80. The Balaban J connectivity index is 1.71. The van der Waals surface area contributed by atoms with E-state index in [-0.39, 0.29) is 18.4 Å². The fraction of sp³-hybridized carbons (Fsp3) is 0.538. The summed E-state index contributed by atoms with van der Waals surface area (Å²) >= 11 is 0. The van der Waals surface area contributed by atoms with Gasteiger partial charge in [0.05, 0.1) is 18.5 Å². The zero-order valence-corrected chi connectivity index (χ0v) is 11.2. The van der Waals surface area contributed by atoms with Crippen LogP contribution in [-0.2, 0) is 9.53 Å². The van der Waals surface area contributed by atoms with E-state index in [2.05, 4.69) is 15.0 Å². The number of carbonyl (C=O) groups is 1. The Morgan fingerprint density at radius 3 is 2.71 bits per heavy atom. The van der Waals surface area contributed by atoms with E-state index in [1.165, 1.54) is 18.3 Å². The summed E-state index contributed by atoms with van der Waals surface area (Å²) in [4.78, 5) is 15.2. The van der Waals surface area contributed by atoms with Gasteiger partial charge in [0.1, 0.15) is 6.61 Å². The van der Waals surface area contributed by atoms with E-state index in [0.717, 1.165) is 12.8 Å². The molecule has 1 aromatic rings. The quantitative estimate of drug-likeness (QED) is 0.840. The van der Waals surface area contributed by atoms with Gasteiger partial charge in [-0.25, -0.2) is 4.98 Å². The lowest BCUT2D eigenvalue weighted by Gasteiger charge is -2.09. The first kappa shape index (κ1) is 15.6. The highest BCUT2D eigenvalue weighted by atomic mass is 19.4. The van der Waals surface area contributed by atoms with Crippen LogP contribution in [0, 0.1) is 5.92 Å². The average molecular weight is 304 g/mol. The Hall–Kier alpha value is -1.83. The number of nitrogens with zero attached hydrogens (tertiary/aromatic N) is 1. The molecule has 1 saturated carbocycles. The van der Waals surface area contributed by atoms with E-state index in [0.29, 0.717) is 18.2 Å². The number of carbonyl (C=O) groups excluding carboxylic acids is 1. The van der Waals surface area contributed by atoms with Crippen molar-refractivity contribution in [3.63, 3.8) is 0 Å². The largest absolute Gasteiger partial charge is 0.468 e. The molecule has 21 heavy (non-hydrogen) atoms. The van der Waals surface area contributed by atoms with Crippen LogP contribution >= 0.6 is 0 Å². The summed E-state index contributed by atoms with van der Waals surface area (Å²) < 4.78 is 45.5. The standard InChI is InChI=1S/C13H15F3N2O3/c14-13(15,16)8-21-12-4-3-10(5-17-12)18-11(19)7-20-6-9-1-2-9/h3-5,9H,1-2,6-8H2,(H,18,19). The van der Waals surface area contributed by atoms with Crippen molar-refractivity contribution in [2.45, 2.75) is 19.0 Å². The van der Waals surface area contributed by atoms with Crippen LogP contribution in [0.3, 0.4) is 0 Å². The molecule has 2 rings (SSSR count). The molecule has 1 aliphatic rings. The molecular formula is C13H15F3N2O3. The van der Waals surface area contributed by atoms with Gasteiger partial charge < -0.3 is 14.8 Å². The molecule has 0 aromatic carbocycles. The van der Waals surface area contributed by atoms with Crippen molar-refractivity contribution in [3.05, 3.63) is 18.3 Å². The van der Waals surface area contributed by atoms with E-state index < -0.39 is 12.8 Å². The molecule has 8 heteroatoms. The number of halogens is 3. The van der Waals surface area contributed by atoms with E-state index >= 15 is 0 Å². The summed E-state index contributed by atoms with van der Waals surface area (Å²) in [6.45, 7) is -0.876. The molecule has 0 unspecified atom stereocenters. The fourth-order valence-electron chi connectivity index (χ4n) is 1.50. The van der Waals surface area contributed by atoms with Crippen LogP contribution in [0.25, 0.3) is 0 Å². The monoisotopic (exact) mass is 304 g/mol. The number of ether oxygens (including phenoxy) is 2. The van der Waals surface area contributed by atoms with Gasteiger partial charge in [0, 0.05) is 6.07 Å². The minimum absolute atomic E-state index is 0.0528. The van der Waals surface area contributed by atoms with E-state index in [1.807, 2.05) is 0 Å². The zero-order chi connectivity index (χ0) is 15.3. The molecule has 0 atom stereocenters. The van der Waals surface area contributed by atoms with Crippen molar-refractivity contribution >= 4 is 11.6 Å². The van der Waals surface area contributed by atoms with Gasteiger partial charge in [-0.3, -0.25) is 4.79 Å². The van der Waals surface area contributed by atoms with E-state index in [4.69, 9.17) is 4.74 Å². The Bertz CT molecular complexity index is 473. The molecule has 1 N–H and O–H groups in total. The number of amides is 1. The topological polar surface area (TPSA) is 60.5 Å².